The van der Waals surface area contributed by atoms with Crippen LogP contribution >= 0.6 is 11.3 Å². The number of thiophene rings is 1. The topological polar surface area (TPSA) is 96.3 Å². The van der Waals surface area contributed by atoms with Crippen LogP contribution < -0.4 is 10.6 Å². The van der Waals surface area contributed by atoms with Gasteiger partial charge in [0.05, 0.1) is 13.1 Å². The molecule has 1 aliphatic heterocycles. The summed E-state index contributed by atoms with van der Waals surface area (Å²) in [7, 11) is -3.42. The molecule has 30 heavy (non-hydrogen) atoms. The SMILES string of the molecule is O=C(NCc1ccc(S(=O)(=O)N2CCCC2)s1)Nc1ccccc1Cn1cccn1. The van der Waals surface area contributed by atoms with Crippen molar-refractivity contribution in [1.82, 2.24) is 19.4 Å². The Morgan fingerprint density at radius 3 is 2.67 bits per heavy atom. The first-order valence-electron chi connectivity index (χ1n) is 9.71. The Morgan fingerprint density at radius 2 is 1.90 bits per heavy atom. The van der Waals surface area contributed by atoms with Crippen LogP contribution in [0.5, 0.6) is 0 Å². The van der Waals surface area contributed by atoms with Crippen LogP contribution in [0.4, 0.5) is 10.5 Å². The van der Waals surface area contributed by atoms with E-state index in [1.165, 1.54) is 15.6 Å². The summed E-state index contributed by atoms with van der Waals surface area (Å²) in [4.78, 5) is 13.2. The van der Waals surface area contributed by atoms with E-state index in [2.05, 4.69) is 15.7 Å². The van der Waals surface area contributed by atoms with Crippen molar-refractivity contribution in [3.05, 3.63) is 65.3 Å². The Balaban J connectivity index is 1.35. The van der Waals surface area contributed by atoms with Gasteiger partial charge in [-0.05, 0) is 42.7 Å². The Bertz CT molecular complexity index is 1100. The maximum Gasteiger partial charge on any atom is 0.319 e. The van der Waals surface area contributed by atoms with Gasteiger partial charge >= 0.3 is 6.03 Å². The van der Waals surface area contributed by atoms with Crippen molar-refractivity contribution in [3.63, 3.8) is 0 Å². The maximum atomic E-state index is 12.6. The predicted octanol–water partition coefficient (Wildman–Crippen LogP) is 3.10. The monoisotopic (exact) mass is 445 g/mol. The third kappa shape index (κ3) is 4.72. The number of para-hydroxylation sites is 1. The third-order valence-electron chi connectivity index (χ3n) is 4.88. The zero-order chi connectivity index (χ0) is 21.0. The lowest BCUT2D eigenvalue weighted by atomic mass is 10.2. The second kappa shape index (κ2) is 8.99. The van der Waals surface area contributed by atoms with Gasteiger partial charge in [-0.1, -0.05) is 18.2 Å². The van der Waals surface area contributed by atoms with Gasteiger partial charge in [-0.25, -0.2) is 13.2 Å². The van der Waals surface area contributed by atoms with E-state index in [0.717, 1.165) is 23.3 Å². The summed E-state index contributed by atoms with van der Waals surface area (Å²) in [5, 5.41) is 9.85. The molecule has 4 rings (SSSR count). The van der Waals surface area contributed by atoms with Gasteiger partial charge in [0, 0.05) is 36.0 Å². The first-order chi connectivity index (χ1) is 14.5. The molecule has 1 aromatic carbocycles. The number of anilines is 1. The number of rotatable bonds is 7. The molecule has 10 heteroatoms. The molecule has 0 radical (unpaired) electrons. The molecule has 1 saturated heterocycles. The highest BCUT2D eigenvalue weighted by Crippen LogP contribution is 2.27. The number of amides is 2. The van der Waals surface area contributed by atoms with Crippen molar-refractivity contribution < 1.29 is 13.2 Å². The number of nitrogens with one attached hydrogen (secondary N) is 2. The second-order valence-corrected chi connectivity index (χ2v) is 10.3. The molecule has 3 heterocycles. The van der Waals surface area contributed by atoms with Gasteiger partial charge in [-0.3, -0.25) is 4.68 Å². The highest BCUT2D eigenvalue weighted by molar-refractivity contribution is 7.91. The number of sulfonamides is 1. The van der Waals surface area contributed by atoms with Crippen LogP contribution in [-0.2, 0) is 23.1 Å². The number of nitrogens with zero attached hydrogens (tertiary/aromatic N) is 3. The Morgan fingerprint density at radius 1 is 1.10 bits per heavy atom. The number of hydrogen-bond donors (Lipinski definition) is 2. The predicted molar refractivity (Wildman–Crippen MR) is 116 cm³/mol. The Hall–Kier alpha value is -2.69. The van der Waals surface area contributed by atoms with Crippen molar-refractivity contribution >= 4 is 33.1 Å². The molecule has 0 spiro atoms. The van der Waals surface area contributed by atoms with Crippen LogP contribution in [0.2, 0.25) is 0 Å². The molecule has 0 atom stereocenters. The highest BCUT2D eigenvalue weighted by atomic mass is 32.2. The van der Waals surface area contributed by atoms with Gasteiger partial charge in [-0.15, -0.1) is 11.3 Å². The van der Waals surface area contributed by atoms with Crippen LogP contribution in [0.3, 0.4) is 0 Å². The average Bonchev–Trinajstić information content (AvgIpc) is 3.50. The second-order valence-electron chi connectivity index (χ2n) is 7.00. The quantitative estimate of drug-likeness (QED) is 0.584. The summed E-state index contributed by atoms with van der Waals surface area (Å²) >= 11 is 1.20. The number of urea groups is 1. The van der Waals surface area contributed by atoms with Gasteiger partial charge in [0.2, 0.25) is 0 Å². The van der Waals surface area contributed by atoms with Crippen LogP contribution in [0, 0.1) is 0 Å². The fourth-order valence-corrected chi connectivity index (χ4v) is 6.30. The number of hydrogen-bond acceptors (Lipinski definition) is 5. The molecule has 8 nitrogen and oxygen atoms in total. The molecule has 2 aromatic heterocycles. The molecule has 158 valence electrons. The van der Waals surface area contributed by atoms with E-state index in [1.54, 1.807) is 23.0 Å². The van der Waals surface area contributed by atoms with E-state index in [-0.39, 0.29) is 12.6 Å². The largest absolute Gasteiger partial charge is 0.333 e. The van der Waals surface area contributed by atoms with Crippen LogP contribution in [-0.4, -0.2) is 41.6 Å². The summed E-state index contributed by atoms with van der Waals surface area (Å²) in [6.45, 7) is 1.96. The molecule has 0 aliphatic carbocycles. The number of aromatic nitrogens is 2. The van der Waals surface area contributed by atoms with Crippen molar-refractivity contribution in [1.29, 1.82) is 0 Å². The lowest BCUT2D eigenvalue weighted by molar-refractivity contribution is 0.252. The lowest BCUT2D eigenvalue weighted by Gasteiger charge is -2.13. The highest BCUT2D eigenvalue weighted by Gasteiger charge is 2.28. The molecule has 0 unspecified atom stereocenters. The number of benzene rings is 1. The van der Waals surface area contributed by atoms with Gasteiger partial charge < -0.3 is 10.6 Å². The van der Waals surface area contributed by atoms with E-state index in [9.17, 15) is 13.2 Å². The van der Waals surface area contributed by atoms with Gasteiger partial charge in [0.15, 0.2) is 0 Å². The molecular weight excluding hydrogens is 422 g/mol. The summed E-state index contributed by atoms with van der Waals surface area (Å²) < 4.78 is 28.9. The lowest BCUT2D eigenvalue weighted by Crippen LogP contribution is -2.28. The molecule has 0 saturated carbocycles. The molecule has 1 fully saturated rings. The molecule has 3 aromatic rings. The Labute approximate surface area is 179 Å². The molecule has 2 N–H and O–H groups in total. The molecule has 2 amide bonds. The van der Waals surface area contributed by atoms with E-state index in [4.69, 9.17) is 0 Å². The minimum Gasteiger partial charge on any atom is -0.333 e. The number of carbonyl (C=O) groups is 1. The number of carbonyl (C=O) groups excluding carboxylic acids is 1. The van der Waals surface area contributed by atoms with Crippen LogP contribution in [0.25, 0.3) is 0 Å². The van der Waals surface area contributed by atoms with E-state index >= 15 is 0 Å². The first kappa shape index (κ1) is 20.6. The molecule has 0 bridgehead atoms. The maximum absolute atomic E-state index is 12.6. The smallest absolute Gasteiger partial charge is 0.319 e. The van der Waals surface area contributed by atoms with Crippen LogP contribution in [0.15, 0.2) is 59.1 Å². The summed E-state index contributed by atoms with van der Waals surface area (Å²) in [5.41, 5.74) is 1.64. The van der Waals surface area contributed by atoms with Crippen molar-refractivity contribution in [2.75, 3.05) is 18.4 Å². The summed E-state index contributed by atoms with van der Waals surface area (Å²) in [5.74, 6) is 0. The minimum atomic E-state index is -3.42. The average molecular weight is 446 g/mol. The standard InChI is InChI=1S/C20H23N5O3S2/c26-20(23-18-7-2-1-6-16(18)15-24-11-5-10-22-24)21-14-17-8-9-19(29-17)30(27,28)25-12-3-4-13-25/h1-2,5-11H,3-4,12-15H2,(H2,21,23,26). The van der Waals surface area contributed by atoms with Gasteiger partial charge in [-0.2, -0.15) is 9.40 Å². The summed E-state index contributed by atoms with van der Waals surface area (Å²) in [6.07, 6.45) is 5.38. The molecule has 1 aliphatic rings. The van der Waals surface area contributed by atoms with Gasteiger partial charge in [0.1, 0.15) is 4.21 Å². The van der Waals surface area contributed by atoms with Crippen LogP contribution in [0.1, 0.15) is 23.3 Å². The zero-order valence-corrected chi connectivity index (χ0v) is 18.0. The minimum absolute atomic E-state index is 0.257. The molecular formula is C20H23N5O3S2. The van der Waals surface area contributed by atoms with Crippen molar-refractivity contribution in [2.24, 2.45) is 0 Å². The zero-order valence-electron chi connectivity index (χ0n) is 16.3. The van der Waals surface area contributed by atoms with E-state index in [0.29, 0.717) is 29.5 Å². The fraction of sp³-hybridized carbons (Fsp3) is 0.300. The van der Waals surface area contributed by atoms with Crippen molar-refractivity contribution in [3.8, 4) is 0 Å². The fourth-order valence-electron chi connectivity index (χ4n) is 3.33. The third-order valence-corrected chi connectivity index (χ3v) is 8.33. The van der Waals surface area contributed by atoms with Crippen molar-refractivity contribution in [2.45, 2.75) is 30.1 Å². The van der Waals surface area contributed by atoms with Gasteiger partial charge in [0.25, 0.3) is 10.0 Å². The first-order valence-corrected chi connectivity index (χ1v) is 12.0. The normalized spacial score (nSPS) is 14.7. The van der Waals surface area contributed by atoms with E-state index in [1.807, 2.05) is 36.5 Å². The van der Waals surface area contributed by atoms with E-state index < -0.39 is 10.0 Å². The summed E-state index contributed by atoms with van der Waals surface area (Å²) in [6, 6.07) is 12.4. The Kier molecular flexibility index (Phi) is 6.16.